The number of halogens is 1. The lowest BCUT2D eigenvalue weighted by atomic mass is 10.2. The van der Waals surface area contributed by atoms with Crippen molar-refractivity contribution in [3.05, 3.63) is 82.8 Å². The monoisotopic (exact) mass is 531 g/mol. The molecule has 0 atom stereocenters. The van der Waals surface area contributed by atoms with Gasteiger partial charge in [0.2, 0.25) is 0 Å². The van der Waals surface area contributed by atoms with Crippen molar-refractivity contribution in [1.82, 2.24) is 5.43 Å². The molecule has 0 spiro atoms. The molecule has 3 aromatic rings. The summed E-state index contributed by atoms with van der Waals surface area (Å²) in [6, 6.07) is 20.1. The highest BCUT2D eigenvalue weighted by molar-refractivity contribution is 9.10. The van der Waals surface area contributed by atoms with Gasteiger partial charge in [-0.2, -0.15) is 5.10 Å². The molecule has 0 unspecified atom stereocenters. The number of methoxy groups -OCH3 is 2. The standard InChI is InChI=1S/C23H22BrN3O5S/c1-31-20-11-7-6-8-17(20)15-25-26-23(28)16-27(19-9-4-3-5-10-19)33(29,30)22-14-18(24)12-13-21(22)32-2/h3-15H,16H2,1-2H3,(H,26,28)/b25-15-. The van der Waals surface area contributed by atoms with Gasteiger partial charge in [-0.15, -0.1) is 0 Å². The Morgan fingerprint density at radius 3 is 2.36 bits per heavy atom. The molecule has 0 saturated carbocycles. The molecule has 3 aromatic carbocycles. The molecule has 0 heterocycles. The summed E-state index contributed by atoms with van der Waals surface area (Å²) in [6.45, 7) is -0.495. The topological polar surface area (TPSA) is 97.3 Å². The summed E-state index contributed by atoms with van der Waals surface area (Å²) >= 11 is 3.30. The second-order valence-electron chi connectivity index (χ2n) is 6.68. The second kappa shape index (κ2) is 11.0. The summed E-state index contributed by atoms with van der Waals surface area (Å²) in [5, 5.41) is 3.94. The minimum Gasteiger partial charge on any atom is -0.496 e. The average molecular weight is 532 g/mol. The maximum absolute atomic E-state index is 13.6. The first kappa shape index (κ1) is 24.3. The van der Waals surface area contributed by atoms with Gasteiger partial charge in [0, 0.05) is 10.0 Å². The Morgan fingerprint density at radius 1 is 1.00 bits per heavy atom. The van der Waals surface area contributed by atoms with Crippen molar-refractivity contribution in [1.29, 1.82) is 0 Å². The van der Waals surface area contributed by atoms with Gasteiger partial charge in [-0.05, 0) is 42.5 Å². The van der Waals surface area contributed by atoms with Crippen LogP contribution in [0.15, 0.2) is 87.3 Å². The number of carbonyl (C=O) groups excluding carboxylic acids is 1. The number of benzene rings is 3. The van der Waals surface area contributed by atoms with E-state index in [2.05, 4.69) is 26.5 Å². The highest BCUT2D eigenvalue weighted by atomic mass is 79.9. The van der Waals surface area contributed by atoms with Gasteiger partial charge in [-0.25, -0.2) is 13.8 Å². The molecule has 0 aliphatic rings. The Kier molecular flexibility index (Phi) is 8.07. The lowest BCUT2D eigenvalue weighted by Gasteiger charge is -2.24. The van der Waals surface area contributed by atoms with Crippen LogP contribution in [0.4, 0.5) is 5.69 Å². The molecular formula is C23H22BrN3O5S. The molecule has 1 amide bonds. The van der Waals surface area contributed by atoms with Gasteiger partial charge in [0.05, 0.1) is 26.1 Å². The van der Waals surface area contributed by atoms with Crippen molar-refractivity contribution >= 4 is 43.8 Å². The van der Waals surface area contributed by atoms with Crippen LogP contribution in [0.5, 0.6) is 11.5 Å². The summed E-state index contributed by atoms with van der Waals surface area (Å²) < 4.78 is 39.2. The first-order valence-corrected chi connectivity index (χ1v) is 12.0. The predicted molar refractivity (Wildman–Crippen MR) is 130 cm³/mol. The summed E-state index contributed by atoms with van der Waals surface area (Å²) in [7, 11) is -1.24. The SMILES string of the molecule is COc1ccccc1/C=N\NC(=O)CN(c1ccccc1)S(=O)(=O)c1cc(Br)ccc1OC. The molecule has 0 saturated heterocycles. The molecule has 8 nitrogen and oxygen atoms in total. The number of hydrogen-bond donors (Lipinski definition) is 1. The third kappa shape index (κ3) is 5.91. The van der Waals surface area contributed by atoms with Gasteiger partial charge in [0.15, 0.2) is 0 Å². The van der Waals surface area contributed by atoms with E-state index in [-0.39, 0.29) is 10.6 Å². The summed E-state index contributed by atoms with van der Waals surface area (Å²) in [4.78, 5) is 12.6. The molecule has 172 valence electrons. The molecule has 10 heteroatoms. The smallest absolute Gasteiger partial charge is 0.268 e. The first-order chi connectivity index (χ1) is 15.9. The van der Waals surface area contributed by atoms with Crippen LogP contribution < -0.4 is 19.2 Å². The molecule has 0 bridgehead atoms. The van der Waals surface area contributed by atoms with Crippen molar-refractivity contribution in [2.24, 2.45) is 5.10 Å². The summed E-state index contributed by atoms with van der Waals surface area (Å²) in [5.74, 6) is 0.127. The number of rotatable bonds is 9. The Morgan fingerprint density at radius 2 is 1.67 bits per heavy atom. The maximum Gasteiger partial charge on any atom is 0.268 e. The quantitative estimate of drug-likeness (QED) is 0.334. The zero-order chi connectivity index (χ0) is 23.8. The maximum atomic E-state index is 13.6. The van der Waals surface area contributed by atoms with E-state index in [0.717, 1.165) is 4.31 Å². The van der Waals surface area contributed by atoms with Gasteiger partial charge in [-0.3, -0.25) is 9.10 Å². The molecule has 3 rings (SSSR count). The fourth-order valence-electron chi connectivity index (χ4n) is 2.99. The third-order valence-corrected chi connectivity index (χ3v) is 6.85. The third-order valence-electron chi connectivity index (χ3n) is 4.56. The number of nitrogens with one attached hydrogen (secondary N) is 1. The zero-order valence-corrected chi connectivity index (χ0v) is 20.3. The average Bonchev–Trinajstić information content (AvgIpc) is 2.83. The van der Waals surface area contributed by atoms with Crippen molar-refractivity contribution in [2.45, 2.75) is 4.90 Å². The van der Waals surface area contributed by atoms with Gasteiger partial charge in [0.25, 0.3) is 15.9 Å². The number of amides is 1. The van der Waals surface area contributed by atoms with Crippen LogP contribution in [-0.4, -0.2) is 41.3 Å². The first-order valence-electron chi connectivity index (χ1n) is 9.73. The number of hydrogen-bond acceptors (Lipinski definition) is 6. The van der Waals surface area contributed by atoms with E-state index in [1.165, 1.54) is 32.6 Å². The van der Waals surface area contributed by atoms with Crippen molar-refractivity contribution in [3.63, 3.8) is 0 Å². The van der Waals surface area contributed by atoms with E-state index in [0.29, 0.717) is 21.5 Å². The highest BCUT2D eigenvalue weighted by Crippen LogP contribution is 2.32. The minimum atomic E-state index is -4.16. The van der Waals surface area contributed by atoms with E-state index in [1.54, 1.807) is 54.6 Å². The normalized spacial score (nSPS) is 11.2. The lowest BCUT2D eigenvalue weighted by molar-refractivity contribution is -0.119. The Labute approximate surface area is 201 Å². The minimum absolute atomic E-state index is 0.0754. The van der Waals surface area contributed by atoms with Gasteiger partial charge < -0.3 is 9.47 Å². The molecule has 0 aromatic heterocycles. The number of ether oxygens (including phenoxy) is 2. The van der Waals surface area contributed by atoms with Gasteiger partial charge in [0.1, 0.15) is 22.9 Å². The molecule has 0 radical (unpaired) electrons. The number of sulfonamides is 1. The molecule has 0 aliphatic heterocycles. The number of carbonyl (C=O) groups is 1. The second-order valence-corrected chi connectivity index (χ2v) is 9.42. The molecule has 0 fully saturated rings. The van der Waals surface area contributed by atoms with Crippen molar-refractivity contribution in [2.75, 3.05) is 25.1 Å². The van der Waals surface area contributed by atoms with Crippen molar-refractivity contribution in [3.8, 4) is 11.5 Å². The predicted octanol–water partition coefficient (Wildman–Crippen LogP) is 3.81. The Balaban J connectivity index is 1.89. The van der Waals surface area contributed by atoms with E-state index in [4.69, 9.17) is 9.47 Å². The van der Waals surface area contributed by atoms with E-state index in [9.17, 15) is 13.2 Å². The molecule has 0 aliphatic carbocycles. The largest absolute Gasteiger partial charge is 0.496 e. The van der Waals surface area contributed by atoms with Gasteiger partial charge in [-0.1, -0.05) is 46.3 Å². The summed E-state index contributed by atoms with van der Waals surface area (Å²) in [6.07, 6.45) is 1.43. The molecular weight excluding hydrogens is 510 g/mol. The van der Waals surface area contributed by atoms with Crippen LogP contribution >= 0.6 is 15.9 Å². The van der Waals surface area contributed by atoms with Crippen molar-refractivity contribution < 1.29 is 22.7 Å². The zero-order valence-electron chi connectivity index (χ0n) is 17.9. The van der Waals surface area contributed by atoms with Crippen LogP contribution in [0.2, 0.25) is 0 Å². The fourth-order valence-corrected chi connectivity index (χ4v) is 5.11. The van der Waals surface area contributed by atoms with Gasteiger partial charge >= 0.3 is 0 Å². The molecule has 33 heavy (non-hydrogen) atoms. The molecule has 1 N–H and O–H groups in total. The van der Waals surface area contributed by atoms with Crippen LogP contribution in [0.25, 0.3) is 0 Å². The highest BCUT2D eigenvalue weighted by Gasteiger charge is 2.30. The number of hydrazone groups is 1. The van der Waals surface area contributed by atoms with Crippen LogP contribution in [0.3, 0.4) is 0 Å². The fraction of sp³-hybridized carbons (Fsp3) is 0.130. The van der Waals surface area contributed by atoms with E-state index < -0.39 is 22.5 Å². The van der Waals surface area contributed by atoms with E-state index >= 15 is 0 Å². The Bertz CT molecular complexity index is 1250. The van der Waals surface area contributed by atoms with Crippen LogP contribution in [-0.2, 0) is 14.8 Å². The Hall–Kier alpha value is -3.37. The number of anilines is 1. The van der Waals surface area contributed by atoms with E-state index in [1.807, 2.05) is 6.07 Å². The summed E-state index contributed by atoms with van der Waals surface area (Å²) in [5.41, 5.74) is 3.36. The lowest BCUT2D eigenvalue weighted by Crippen LogP contribution is -2.39. The number of nitrogens with zero attached hydrogens (tertiary/aromatic N) is 2. The number of para-hydroxylation sites is 2. The van der Waals surface area contributed by atoms with Crippen LogP contribution in [0, 0.1) is 0 Å². The van der Waals surface area contributed by atoms with Crippen LogP contribution in [0.1, 0.15) is 5.56 Å².